The molecule has 1 saturated heterocycles. The van der Waals surface area contributed by atoms with E-state index in [9.17, 15) is 0 Å². The standard InChI is InChI=1S/C18H25NO/c1-2-20-17-6-5-14-9-16-10-15(18(14)11-17)7-8-19(16)12-13-3-4-13/h5-6,11,13,15-16H,2-4,7-10,12H2,1H3. The Bertz CT molecular complexity index is 494. The molecule has 1 aromatic rings. The molecule has 2 aliphatic carbocycles. The van der Waals surface area contributed by atoms with Crippen LogP contribution >= 0.6 is 0 Å². The van der Waals surface area contributed by atoms with Crippen molar-refractivity contribution in [3.8, 4) is 5.75 Å². The van der Waals surface area contributed by atoms with Gasteiger partial charge in [-0.3, -0.25) is 4.90 Å². The Kier molecular flexibility index (Phi) is 3.22. The average Bonchev–Trinajstić information content (AvgIpc) is 3.27. The van der Waals surface area contributed by atoms with E-state index in [-0.39, 0.29) is 0 Å². The molecule has 3 aliphatic rings. The molecule has 2 bridgehead atoms. The quantitative estimate of drug-likeness (QED) is 0.829. The number of likely N-dealkylation sites (tertiary alicyclic amines) is 1. The van der Waals surface area contributed by atoms with Crippen LogP contribution in [0, 0.1) is 5.92 Å². The van der Waals surface area contributed by atoms with E-state index in [1.807, 2.05) is 0 Å². The van der Waals surface area contributed by atoms with Crippen LogP contribution in [0.2, 0.25) is 0 Å². The van der Waals surface area contributed by atoms with Crippen LogP contribution in [0.5, 0.6) is 5.75 Å². The van der Waals surface area contributed by atoms with Crippen molar-refractivity contribution < 1.29 is 4.74 Å². The summed E-state index contributed by atoms with van der Waals surface area (Å²) in [6.07, 6.45) is 6.91. The monoisotopic (exact) mass is 271 g/mol. The molecule has 2 nitrogen and oxygen atoms in total. The molecule has 0 N–H and O–H groups in total. The molecule has 4 rings (SSSR count). The van der Waals surface area contributed by atoms with Gasteiger partial charge in [-0.05, 0) is 80.7 Å². The summed E-state index contributed by atoms with van der Waals surface area (Å²) in [5.74, 6) is 2.86. The Labute approximate surface area is 122 Å². The number of nitrogens with zero attached hydrogens (tertiary/aromatic N) is 1. The summed E-state index contributed by atoms with van der Waals surface area (Å²) < 4.78 is 5.68. The number of hydrogen-bond donors (Lipinski definition) is 0. The number of benzene rings is 1. The number of fused-ring (bicyclic) bond motifs is 4. The molecule has 1 saturated carbocycles. The minimum Gasteiger partial charge on any atom is -0.494 e. The van der Waals surface area contributed by atoms with E-state index in [0.717, 1.165) is 30.2 Å². The molecule has 0 radical (unpaired) electrons. The van der Waals surface area contributed by atoms with Crippen molar-refractivity contribution in [1.29, 1.82) is 0 Å². The van der Waals surface area contributed by atoms with Crippen molar-refractivity contribution in [1.82, 2.24) is 4.90 Å². The predicted octanol–water partition coefficient (Wildman–Crippen LogP) is 3.60. The van der Waals surface area contributed by atoms with Crippen molar-refractivity contribution in [2.24, 2.45) is 5.92 Å². The Morgan fingerprint density at radius 1 is 1.25 bits per heavy atom. The molecule has 2 fully saturated rings. The molecule has 0 amide bonds. The first kappa shape index (κ1) is 12.7. The fourth-order valence-corrected chi connectivity index (χ4v) is 4.12. The van der Waals surface area contributed by atoms with E-state index >= 15 is 0 Å². The molecule has 1 heterocycles. The third-order valence-corrected chi connectivity index (χ3v) is 5.35. The molecule has 2 atom stereocenters. The lowest BCUT2D eigenvalue weighted by molar-refractivity contribution is 0.119. The van der Waals surface area contributed by atoms with Gasteiger partial charge in [0.15, 0.2) is 0 Å². The molecule has 20 heavy (non-hydrogen) atoms. The van der Waals surface area contributed by atoms with Crippen LogP contribution in [0.1, 0.15) is 49.7 Å². The average molecular weight is 271 g/mol. The first-order valence-corrected chi connectivity index (χ1v) is 8.33. The highest BCUT2D eigenvalue weighted by atomic mass is 16.5. The molecule has 2 unspecified atom stereocenters. The summed E-state index contributed by atoms with van der Waals surface area (Å²) in [4.78, 5) is 2.79. The van der Waals surface area contributed by atoms with Gasteiger partial charge < -0.3 is 4.74 Å². The van der Waals surface area contributed by atoms with Gasteiger partial charge in [-0.15, -0.1) is 0 Å². The lowest BCUT2D eigenvalue weighted by atomic mass is 9.75. The van der Waals surface area contributed by atoms with E-state index in [2.05, 4.69) is 30.0 Å². The zero-order valence-electron chi connectivity index (χ0n) is 12.5. The van der Waals surface area contributed by atoms with Gasteiger partial charge in [0.05, 0.1) is 6.61 Å². The van der Waals surface area contributed by atoms with Crippen LogP contribution in [0.3, 0.4) is 0 Å². The number of rotatable bonds is 4. The van der Waals surface area contributed by atoms with Crippen LogP contribution in [-0.2, 0) is 6.42 Å². The molecule has 0 spiro atoms. The largest absolute Gasteiger partial charge is 0.494 e. The second kappa shape index (κ2) is 5.07. The van der Waals surface area contributed by atoms with Gasteiger partial charge >= 0.3 is 0 Å². The maximum atomic E-state index is 5.68. The topological polar surface area (TPSA) is 12.5 Å². The zero-order chi connectivity index (χ0) is 13.5. The summed E-state index contributed by atoms with van der Waals surface area (Å²) in [7, 11) is 0. The number of hydrogen-bond acceptors (Lipinski definition) is 2. The highest BCUT2D eigenvalue weighted by Gasteiger charge is 2.37. The SMILES string of the molecule is CCOc1ccc2c(c1)C1CCN(CC3CC3)C(C2)C1. The van der Waals surface area contributed by atoms with Gasteiger partial charge in [0.2, 0.25) is 0 Å². The van der Waals surface area contributed by atoms with Crippen LogP contribution in [0.4, 0.5) is 0 Å². The Morgan fingerprint density at radius 3 is 2.95 bits per heavy atom. The lowest BCUT2D eigenvalue weighted by Crippen LogP contribution is -2.46. The molecule has 1 aliphatic heterocycles. The highest BCUT2D eigenvalue weighted by molar-refractivity contribution is 5.41. The van der Waals surface area contributed by atoms with E-state index in [0.29, 0.717) is 0 Å². The Hall–Kier alpha value is -1.02. The molecular weight excluding hydrogens is 246 g/mol. The minimum absolute atomic E-state index is 0.765. The number of piperidine rings is 1. The van der Waals surface area contributed by atoms with E-state index in [4.69, 9.17) is 4.74 Å². The van der Waals surface area contributed by atoms with Crippen molar-refractivity contribution in [3.63, 3.8) is 0 Å². The van der Waals surface area contributed by atoms with Gasteiger partial charge in [-0.2, -0.15) is 0 Å². The van der Waals surface area contributed by atoms with Crippen LogP contribution in [-0.4, -0.2) is 30.6 Å². The van der Waals surface area contributed by atoms with Gasteiger partial charge in [-0.1, -0.05) is 6.07 Å². The van der Waals surface area contributed by atoms with Gasteiger partial charge in [0, 0.05) is 12.6 Å². The predicted molar refractivity (Wildman–Crippen MR) is 81.4 cm³/mol. The van der Waals surface area contributed by atoms with Gasteiger partial charge in [-0.25, -0.2) is 0 Å². The smallest absolute Gasteiger partial charge is 0.119 e. The van der Waals surface area contributed by atoms with E-state index in [1.54, 1.807) is 11.1 Å². The summed E-state index contributed by atoms with van der Waals surface area (Å²) in [6, 6.07) is 7.60. The van der Waals surface area contributed by atoms with Crippen LogP contribution in [0.15, 0.2) is 18.2 Å². The second-order valence-corrected chi connectivity index (χ2v) is 6.81. The third-order valence-electron chi connectivity index (χ3n) is 5.35. The van der Waals surface area contributed by atoms with E-state index in [1.165, 1.54) is 45.2 Å². The molecule has 1 aromatic carbocycles. The Morgan fingerprint density at radius 2 is 2.15 bits per heavy atom. The normalized spacial score (nSPS) is 29.1. The first-order valence-electron chi connectivity index (χ1n) is 8.33. The number of ether oxygens (including phenoxy) is 1. The summed E-state index contributed by atoms with van der Waals surface area (Å²) in [6.45, 7) is 5.50. The van der Waals surface area contributed by atoms with Gasteiger partial charge in [0.1, 0.15) is 5.75 Å². The van der Waals surface area contributed by atoms with Crippen LogP contribution < -0.4 is 4.74 Å². The maximum Gasteiger partial charge on any atom is 0.119 e. The van der Waals surface area contributed by atoms with Crippen LogP contribution in [0.25, 0.3) is 0 Å². The fraction of sp³-hybridized carbons (Fsp3) is 0.667. The maximum absolute atomic E-state index is 5.68. The summed E-state index contributed by atoms with van der Waals surface area (Å²) in [5.41, 5.74) is 3.16. The molecule has 108 valence electrons. The highest BCUT2D eigenvalue weighted by Crippen LogP contribution is 2.42. The zero-order valence-corrected chi connectivity index (χ0v) is 12.5. The molecule has 0 aromatic heterocycles. The Balaban J connectivity index is 1.55. The summed E-state index contributed by atoms with van der Waals surface area (Å²) in [5, 5.41) is 0. The molecule has 2 heteroatoms. The van der Waals surface area contributed by atoms with E-state index < -0.39 is 0 Å². The summed E-state index contributed by atoms with van der Waals surface area (Å²) >= 11 is 0. The third kappa shape index (κ3) is 2.35. The second-order valence-electron chi connectivity index (χ2n) is 6.81. The minimum atomic E-state index is 0.765. The first-order chi connectivity index (χ1) is 9.83. The van der Waals surface area contributed by atoms with Crippen molar-refractivity contribution in [2.45, 2.75) is 51.0 Å². The lowest BCUT2D eigenvalue weighted by Gasteiger charge is -2.44. The molecular formula is C18H25NO. The van der Waals surface area contributed by atoms with Gasteiger partial charge in [0.25, 0.3) is 0 Å². The van der Waals surface area contributed by atoms with Crippen molar-refractivity contribution >= 4 is 0 Å². The van der Waals surface area contributed by atoms with Crippen molar-refractivity contribution in [2.75, 3.05) is 19.7 Å². The van der Waals surface area contributed by atoms with Crippen molar-refractivity contribution in [3.05, 3.63) is 29.3 Å². The fourth-order valence-electron chi connectivity index (χ4n) is 4.12.